The van der Waals surface area contributed by atoms with Crippen LogP contribution in [0.5, 0.6) is 11.5 Å². The summed E-state index contributed by atoms with van der Waals surface area (Å²) in [7, 11) is 0. The van der Waals surface area contributed by atoms with E-state index in [4.69, 9.17) is 4.74 Å². The molecule has 0 saturated carbocycles. The van der Waals surface area contributed by atoms with Crippen LogP contribution < -0.4 is 5.32 Å². The smallest absolute Gasteiger partial charge is 0.305 e. The Morgan fingerprint density at radius 1 is 1.21 bits per heavy atom. The van der Waals surface area contributed by atoms with Crippen LogP contribution in [-0.2, 0) is 9.53 Å². The van der Waals surface area contributed by atoms with Gasteiger partial charge in [-0.25, -0.2) is 0 Å². The highest BCUT2D eigenvalue weighted by Crippen LogP contribution is 2.20. The van der Waals surface area contributed by atoms with E-state index in [9.17, 15) is 19.8 Å². The van der Waals surface area contributed by atoms with E-state index < -0.39 is 5.91 Å². The monoisotopic (exact) mass is 267 g/mol. The van der Waals surface area contributed by atoms with Crippen molar-refractivity contribution in [3.8, 4) is 11.5 Å². The summed E-state index contributed by atoms with van der Waals surface area (Å²) in [5.41, 5.74) is 0.161. The maximum atomic E-state index is 11.7. The van der Waals surface area contributed by atoms with Crippen LogP contribution in [0.3, 0.4) is 0 Å². The summed E-state index contributed by atoms with van der Waals surface area (Å²) in [6, 6.07) is 3.64. The van der Waals surface area contributed by atoms with E-state index in [2.05, 4.69) is 5.32 Å². The van der Waals surface area contributed by atoms with Crippen molar-refractivity contribution >= 4 is 11.9 Å². The molecule has 0 radical (unpaired) electrons. The molecule has 6 heteroatoms. The van der Waals surface area contributed by atoms with Gasteiger partial charge in [0.2, 0.25) is 0 Å². The number of hydrogen-bond donors (Lipinski definition) is 3. The van der Waals surface area contributed by atoms with Crippen molar-refractivity contribution in [2.75, 3.05) is 13.2 Å². The Morgan fingerprint density at radius 2 is 1.84 bits per heavy atom. The number of amides is 1. The Kier molecular flexibility index (Phi) is 5.66. The second kappa shape index (κ2) is 7.25. The molecule has 0 bridgehead atoms. The van der Waals surface area contributed by atoms with Crippen LogP contribution in [0.25, 0.3) is 0 Å². The number of nitrogens with one attached hydrogen (secondary N) is 1. The van der Waals surface area contributed by atoms with E-state index >= 15 is 0 Å². The molecule has 0 aliphatic carbocycles. The third-order valence-electron chi connectivity index (χ3n) is 2.31. The van der Waals surface area contributed by atoms with Crippen LogP contribution in [0.4, 0.5) is 0 Å². The molecule has 0 spiro atoms. The van der Waals surface area contributed by atoms with Crippen molar-refractivity contribution in [1.82, 2.24) is 5.32 Å². The standard InChI is InChI=1S/C13H17NO5/c1-2-19-12(17)4-3-5-14-13(18)9-6-10(15)8-11(16)7-9/h6-8,15-16H,2-5H2,1H3,(H,14,18). The molecule has 1 rings (SSSR count). The Bertz CT molecular complexity index is 438. The second-order valence-electron chi connectivity index (χ2n) is 3.90. The van der Waals surface area contributed by atoms with Gasteiger partial charge in [-0.2, -0.15) is 0 Å². The maximum absolute atomic E-state index is 11.7. The lowest BCUT2D eigenvalue weighted by Gasteiger charge is -2.06. The second-order valence-corrected chi connectivity index (χ2v) is 3.90. The maximum Gasteiger partial charge on any atom is 0.305 e. The number of esters is 1. The zero-order valence-corrected chi connectivity index (χ0v) is 10.7. The van der Waals surface area contributed by atoms with E-state index in [1.54, 1.807) is 6.92 Å². The number of ether oxygens (including phenoxy) is 1. The lowest BCUT2D eigenvalue weighted by atomic mass is 10.2. The van der Waals surface area contributed by atoms with E-state index in [-0.39, 0.29) is 29.5 Å². The summed E-state index contributed by atoms with van der Waals surface area (Å²) < 4.78 is 4.75. The van der Waals surface area contributed by atoms with Crippen LogP contribution >= 0.6 is 0 Å². The number of phenolic OH excluding ortho intramolecular Hbond substituents is 2. The first-order chi connectivity index (χ1) is 9.02. The van der Waals surface area contributed by atoms with Crippen molar-refractivity contribution in [3.63, 3.8) is 0 Å². The summed E-state index contributed by atoms with van der Waals surface area (Å²) >= 11 is 0. The van der Waals surface area contributed by atoms with Gasteiger partial charge in [0, 0.05) is 24.6 Å². The van der Waals surface area contributed by atoms with Crippen LogP contribution in [0, 0.1) is 0 Å². The molecule has 1 amide bonds. The molecule has 0 heterocycles. The molecule has 0 saturated heterocycles. The van der Waals surface area contributed by atoms with Crippen molar-refractivity contribution in [2.24, 2.45) is 0 Å². The number of hydrogen-bond acceptors (Lipinski definition) is 5. The average molecular weight is 267 g/mol. The van der Waals surface area contributed by atoms with Gasteiger partial charge in [-0.3, -0.25) is 9.59 Å². The Balaban J connectivity index is 2.37. The number of phenols is 2. The van der Waals surface area contributed by atoms with E-state index in [1.165, 1.54) is 12.1 Å². The molecule has 1 aromatic rings. The zero-order chi connectivity index (χ0) is 14.3. The Morgan fingerprint density at radius 3 is 2.42 bits per heavy atom. The summed E-state index contributed by atoms with van der Waals surface area (Å²) in [4.78, 5) is 22.7. The molecule has 0 aromatic heterocycles. The fourth-order valence-corrected chi connectivity index (χ4v) is 1.50. The van der Waals surface area contributed by atoms with Gasteiger partial charge >= 0.3 is 5.97 Å². The summed E-state index contributed by atoms with van der Waals surface area (Å²) in [5.74, 6) is -1.09. The number of carbonyl (C=O) groups is 2. The molecule has 0 aliphatic rings. The molecule has 19 heavy (non-hydrogen) atoms. The quantitative estimate of drug-likeness (QED) is 0.531. The van der Waals surface area contributed by atoms with Gasteiger partial charge in [0.05, 0.1) is 6.61 Å². The SMILES string of the molecule is CCOC(=O)CCCNC(=O)c1cc(O)cc(O)c1. The lowest BCUT2D eigenvalue weighted by molar-refractivity contribution is -0.143. The molecule has 0 unspecified atom stereocenters. The van der Waals surface area contributed by atoms with Gasteiger partial charge in [-0.15, -0.1) is 0 Å². The Hall–Kier alpha value is -2.24. The van der Waals surface area contributed by atoms with Crippen LogP contribution in [-0.4, -0.2) is 35.2 Å². The van der Waals surface area contributed by atoms with Crippen LogP contribution in [0.15, 0.2) is 18.2 Å². The van der Waals surface area contributed by atoms with Crippen LogP contribution in [0.2, 0.25) is 0 Å². The first-order valence-corrected chi connectivity index (χ1v) is 5.99. The van der Waals surface area contributed by atoms with Crippen molar-refractivity contribution < 1.29 is 24.5 Å². The molecule has 0 fully saturated rings. The largest absolute Gasteiger partial charge is 0.508 e. The predicted octanol–water partition coefficient (Wildman–Crippen LogP) is 1.17. The third-order valence-corrected chi connectivity index (χ3v) is 2.31. The molecular formula is C13H17NO5. The third kappa shape index (κ3) is 5.29. The lowest BCUT2D eigenvalue weighted by Crippen LogP contribution is -2.25. The number of rotatable bonds is 6. The van der Waals surface area contributed by atoms with Gasteiger partial charge in [0.1, 0.15) is 11.5 Å². The molecule has 1 aromatic carbocycles. The molecular weight excluding hydrogens is 250 g/mol. The average Bonchev–Trinajstić information content (AvgIpc) is 2.33. The van der Waals surface area contributed by atoms with Gasteiger partial charge in [0.25, 0.3) is 5.91 Å². The fraction of sp³-hybridized carbons (Fsp3) is 0.385. The number of benzene rings is 1. The highest BCUT2D eigenvalue weighted by Gasteiger charge is 2.08. The van der Waals surface area contributed by atoms with E-state index in [1.807, 2.05) is 0 Å². The van der Waals surface area contributed by atoms with Gasteiger partial charge in [-0.1, -0.05) is 0 Å². The highest BCUT2D eigenvalue weighted by molar-refractivity contribution is 5.95. The predicted molar refractivity (Wildman–Crippen MR) is 68.0 cm³/mol. The molecule has 0 aliphatic heterocycles. The van der Waals surface area contributed by atoms with Gasteiger partial charge in [0.15, 0.2) is 0 Å². The fourth-order valence-electron chi connectivity index (χ4n) is 1.50. The Labute approximate surface area is 111 Å². The first-order valence-electron chi connectivity index (χ1n) is 5.99. The van der Waals surface area contributed by atoms with E-state index in [0.717, 1.165) is 6.07 Å². The van der Waals surface area contributed by atoms with Crippen LogP contribution in [0.1, 0.15) is 30.1 Å². The van der Waals surface area contributed by atoms with Crippen molar-refractivity contribution in [1.29, 1.82) is 0 Å². The normalized spacial score (nSPS) is 9.95. The molecule has 104 valence electrons. The molecule has 6 nitrogen and oxygen atoms in total. The summed E-state index contributed by atoms with van der Waals surface area (Å²) in [6.07, 6.45) is 0.703. The number of carbonyl (C=O) groups excluding carboxylic acids is 2. The van der Waals surface area contributed by atoms with Crippen molar-refractivity contribution in [3.05, 3.63) is 23.8 Å². The van der Waals surface area contributed by atoms with E-state index in [0.29, 0.717) is 19.6 Å². The van der Waals surface area contributed by atoms with Crippen molar-refractivity contribution in [2.45, 2.75) is 19.8 Å². The highest BCUT2D eigenvalue weighted by atomic mass is 16.5. The van der Waals surface area contributed by atoms with Gasteiger partial charge in [-0.05, 0) is 25.5 Å². The molecule has 0 atom stereocenters. The summed E-state index contributed by atoms with van der Waals surface area (Å²) in [5, 5.41) is 21.1. The minimum atomic E-state index is -0.421. The number of aromatic hydroxyl groups is 2. The molecule has 3 N–H and O–H groups in total. The minimum absolute atomic E-state index is 0.161. The van der Waals surface area contributed by atoms with Gasteiger partial charge < -0.3 is 20.3 Å². The summed E-state index contributed by atoms with van der Waals surface area (Å²) in [6.45, 7) is 2.38. The first kappa shape index (κ1) is 14.8. The minimum Gasteiger partial charge on any atom is -0.508 e. The topological polar surface area (TPSA) is 95.9 Å². The zero-order valence-electron chi connectivity index (χ0n) is 10.7.